The smallest absolute Gasteiger partial charge is 0.161 e. The molecule has 17 heavy (non-hydrogen) atoms. The van der Waals surface area contributed by atoms with Crippen molar-refractivity contribution in [3.8, 4) is 11.6 Å². The monoisotopic (exact) mass is 226 g/mol. The first-order valence-electron chi connectivity index (χ1n) is 5.13. The van der Waals surface area contributed by atoms with Crippen molar-refractivity contribution in [1.29, 1.82) is 0 Å². The zero-order valence-corrected chi connectivity index (χ0v) is 8.91. The maximum absolute atomic E-state index is 9.52. The van der Waals surface area contributed by atoms with E-state index >= 15 is 0 Å². The van der Waals surface area contributed by atoms with E-state index in [4.69, 9.17) is 5.73 Å². The van der Waals surface area contributed by atoms with Gasteiger partial charge in [-0.15, -0.1) is 5.10 Å². The minimum Gasteiger partial charge on any atom is -0.508 e. The first kappa shape index (κ1) is 9.65. The molecule has 1 aromatic carbocycles. The number of anilines is 1. The van der Waals surface area contributed by atoms with Crippen LogP contribution in [0.25, 0.3) is 16.6 Å². The van der Waals surface area contributed by atoms with Gasteiger partial charge in [0.05, 0.1) is 0 Å². The van der Waals surface area contributed by atoms with E-state index in [1.165, 1.54) is 0 Å². The predicted octanol–water partition coefficient (Wildman–Crippen LogP) is 1.71. The van der Waals surface area contributed by atoms with E-state index in [1.54, 1.807) is 35.3 Å². The van der Waals surface area contributed by atoms with Crippen molar-refractivity contribution in [3.63, 3.8) is 0 Å². The third-order valence-corrected chi connectivity index (χ3v) is 2.56. The number of nitrogens with zero attached hydrogens (tertiary/aromatic N) is 3. The predicted molar refractivity (Wildman–Crippen MR) is 64.9 cm³/mol. The Hall–Kier alpha value is -2.56. The van der Waals surface area contributed by atoms with Crippen molar-refractivity contribution in [2.24, 2.45) is 0 Å². The van der Waals surface area contributed by atoms with Crippen LogP contribution in [0.5, 0.6) is 5.75 Å². The van der Waals surface area contributed by atoms with Gasteiger partial charge in [-0.25, -0.2) is 9.67 Å². The second kappa shape index (κ2) is 3.48. The average Bonchev–Trinajstić information content (AvgIpc) is 2.75. The summed E-state index contributed by atoms with van der Waals surface area (Å²) >= 11 is 0. The minimum atomic E-state index is 0.201. The SMILES string of the molecule is Nc1ccn(-c2nccc3ccc(O)cc23)n1. The van der Waals surface area contributed by atoms with E-state index in [1.807, 2.05) is 12.1 Å². The maximum Gasteiger partial charge on any atom is 0.161 e. The van der Waals surface area contributed by atoms with Gasteiger partial charge >= 0.3 is 0 Å². The zero-order valence-electron chi connectivity index (χ0n) is 8.91. The lowest BCUT2D eigenvalue weighted by molar-refractivity contribution is 0.476. The van der Waals surface area contributed by atoms with Gasteiger partial charge in [-0.2, -0.15) is 0 Å². The number of pyridine rings is 1. The zero-order chi connectivity index (χ0) is 11.8. The van der Waals surface area contributed by atoms with Crippen molar-refractivity contribution >= 4 is 16.6 Å². The Bertz CT molecular complexity index is 690. The Kier molecular flexibility index (Phi) is 1.98. The van der Waals surface area contributed by atoms with Crippen LogP contribution in [0.15, 0.2) is 42.7 Å². The molecule has 5 nitrogen and oxygen atoms in total. The second-order valence-corrected chi connectivity index (χ2v) is 3.73. The summed E-state index contributed by atoms with van der Waals surface area (Å²) in [6.07, 6.45) is 3.44. The Morgan fingerprint density at radius 3 is 2.82 bits per heavy atom. The van der Waals surface area contributed by atoms with E-state index in [0.717, 1.165) is 10.8 Å². The number of nitrogen functional groups attached to an aromatic ring is 1. The number of nitrogens with two attached hydrogens (primary N) is 1. The highest BCUT2D eigenvalue weighted by Crippen LogP contribution is 2.24. The molecule has 5 heteroatoms. The Morgan fingerprint density at radius 1 is 1.18 bits per heavy atom. The number of hydrogen-bond acceptors (Lipinski definition) is 4. The molecule has 2 aromatic heterocycles. The van der Waals surface area contributed by atoms with Crippen molar-refractivity contribution in [1.82, 2.24) is 14.8 Å². The van der Waals surface area contributed by atoms with Crippen LogP contribution >= 0.6 is 0 Å². The highest BCUT2D eigenvalue weighted by Gasteiger charge is 2.06. The molecule has 3 aromatic rings. The van der Waals surface area contributed by atoms with Gasteiger partial charge < -0.3 is 10.8 Å². The number of rotatable bonds is 1. The van der Waals surface area contributed by atoms with Crippen molar-refractivity contribution in [3.05, 3.63) is 42.7 Å². The van der Waals surface area contributed by atoms with Gasteiger partial charge in [0.15, 0.2) is 5.82 Å². The van der Waals surface area contributed by atoms with E-state index in [2.05, 4.69) is 10.1 Å². The third-order valence-electron chi connectivity index (χ3n) is 2.56. The molecule has 84 valence electrons. The normalized spacial score (nSPS) is 10.8. The summed E-state index contributed by atoms with van der Waals surface area (Å²) in [5, 5.41) is 15.5. The lowest BCUT2D eigenvalue weighted by atomic mass is 10.1. The summed E-state index contributed by atoms with van der Waals surface area (Å²) in [7, 11) is 0. The summed E-state index contributed by atoms with van der Waals surface area (Å²) < 4.78 is 1.59. The standard InChI is InChI=1S/C12H10N4O/c13-11-4-6-16(15-11)12-10-7-9(17)2-1-8(10)3-5-14-12/h1-7,17H,(H2,13,15). The topological polar surface area (TPSA) is 77.0 Å². The van der Waals surface area contributed by atoms with Gasteiger partial charge in [0.1, 0.15) is 11.6 Å². The van der Waals surface area contributed by atoms with Crippen LogP contribution < -0.4 is 5.73 Å². The van der Waals surface area contributed by atoms with E-state index in [0.29, 0.717) is 11.6 Å². The van der Waals surface area contributed by atoms with Crippen LogP contribution in [0.1, 0.15) is 0 Å². The van der Waals surface area contributed by atoms with Gasteiger partial charge in [0.25, 0.3) is 0 Å². The highest BCUT2D eigenvalue weighted by molar-refractivity contribution is 5.89. The molecule has 0 aliphatic carbocycles. The largest absolute Gasteiger partial charge is 0.508 e. The first-order chi connectivity index (χ1) is 8.24. The lowest BCUT2D eigenvalue weighted by Crippen LogP contribution is -1.99. The number of hydrogen-bond donors (Lipinski definition) is 2. The molecule has 3 rings (SSSR count). The van der Waals surface area contributed by atoms with Crippen LogP contribution in [0.2, 0.25) is 0 Å². The molecule has 0 spiro atoms. The summed E-state index contributed by atoms with van der Waals surface area (Å²) in [5.74, 6) is 1.28. The number of benzene rings is 1. The van der Waals surface area contributed by atoms with Crippen LogP contribution in [0, 0.1) is 0 Å². The molecule has 0 aliphatic rings. The molecule has 0 radical (unpaired) electrons. The average molecular weight is 226 g/mol. The fraction of sp³-hybridized carbons (Fsp3) is 0. The first-order valence-corrected chi connectivity index (χ1v) is 5.13. The number of aromatic hydroxyl groups is 1. The molecular weight excluding hydrogens is 216 g/mol. The Morgan fingerprint density at radius 2 is 2.06 bits per heavy atom. The molecule has 0 unspecified atom stereocenters. The third kappa shape index (κ3) is 1.57. The van der Waals surface area contributed by atoms with Gasteiger partial charge in [0, 0.05) is 23.8 Å². The Labute approximate surface area is 97.1 Å². The molecule has 3 N–H and O–H groups in total. The molecule has 2 heterocycles. The number of phenols is 1. The highest BCUT2D eigenvalue weighted by atomic mass is 16.3. The fourth-order valence-corrected chi connectivity index (χ4v) is 1.78. The number of fused-ring (bicyclic) bond motifs is 1. The number of phenolic OH excluding ortho intramolecular Hbond substituents is 1. The summed E-state index contributed by atoms with van der Waals surface area (Å²) in [6.45, 7) is 0. The van der Waals surface area contributed by atoms with Crippen molar-refractivity contribution < 1.29 is 5.11 Å². The molecule has 0 saturated carbocycles. The van der Waals surface area contributed by atoms with Crippen molar-refractivity contribution in [2.75, 3.05) is 5.73 Å². The molecule has 0 bridgehead atoms. The fourth-order valence-electron chi connectivity index (χ4n) is 1.78. The molecule has 0 atom stereocenters. The van der Waals surface area contributed by atoms with Crippen LogP contribution in [-0.2, 0) is 0 Å². The quantitative estimate of drug-likeness (QED) is 0.662. The molecule has 0 fully saturated rings. The van der Waals surface area contributed by atoms with Gasteiger partial charge in [0.2, 0.25) is 0 Å². The van der Waals surface area contributed by atoms with E-state index < -0.39 is 0 Å². The summed E-state index contributed by atoms with van der Waals surface area (Å²) in [5.41, 5.74) is 5.58. The minimum absolute atomic E-state index is 0.201. The summed E-state index contributed by atoms with van der Waals surface area (Å²) in [4.78, 5) is 4.27. The van der Waals surface area contributed by atoms with E-state index in [-0.39, 0.29) is 5.75 Å². The molecule has 0 amide bonds. The molecule has 0 saturated heterocycles. The van der Waals surface area contributed by atoms with E-state index in [9.17, 15) is 5.11 Å². The van der Waals surface area contributed by atoms with Gasteiger partial charge in [-0.3, -0.25) is 0 Å². The molecular formula is C12H10N4O. The maximum atomic E-state index is 9.52. The summed E-state index contributed by atoms with van der Waals surface area (Å²) in [6, 6.07) is 8.72. The van der Waals surface area contributed by atoms with Crippen LogP contribution in [-0.4, -0.2) is 19.9 Å². The van der Waals surface area contributed by atoms with Gasteiger partial charge in [-0.05, 0) is 23.6 Å². The second-order valence-electron chi connectivity index (χ2n) is 3.73. The number of aromatic nitrogens is 3. The van der Waals surface area contributed by atoms with Gasteiger partial charge in [-0.1, -0.05) is 6.07 Å². The van der Waals surface area contributed by atoms with Crippen LogP contribution in [0.4, 0.5) is 5.82 Å². The van der Waals surface area contributed by atoms with Crippen molar-refractivity contribution in [2.45, 2.75) is 0 Å². The van der Waals surface area contributed by atoms with Crippen LogP contribution in [0.3, 0.4) is 0 Å². The molecule has 0 aliphatic heterocycles. The lowest BCUT2D eigenvalue weighted by Gasteiger charge is -2.05. The Balaban J connectivity index is 2.32.